The lowest BCUT2D eigenvalue weighted by Crippen LogP contribution is -2.12. The first kappa shape index (κ1) is 12.6. The van der Waals surface area contributed by atoms with E-state index in [4.69, 9.17) is 18.0 Å². The van der Waals surface area contributed by atoms with Crippen LogP contribution in [-0.2, 0) is 0 Å². The summed E-state index contributed by atoms with van der Waals surface area (Å²) in [5.74, 6) is 0. The third kappa shape index (κ3) is 2.87. The molecule has 0 atom stereocenters. The second kappa shape index (κ2) is 5.19. The van der Waals surface area contributed by atoms with E-state index in [0.29, 0.717) is 4.99 Å². The van der Waals surface area contributed by atoms with E-state index < -0.39 is 0 Å². The first-order chi connectivity index (χ1) is 8.56. The van der Waals surface area contributed by atoms with Gasteiger partial charge in [-0.2, -0.15) is 0 Å². The predicted molar refractivity (Wildman–Crippen MR) is 81.5 cm³/mol. The van der Waals surface area contributed by atoms with Gasteiger partial charge in [0, 0.05) is 16.9 Å². The minimum atomic E-state index is 0.410. The Kier molecular flexibility index (Phi) is 3.63. The highest BCUT2D eigenvalue weighted by Crippen LogP contribution is 2.22. The molecule has 0 aliphatic rings. The fraction of sp³-hybridized carbons (Fsp3) is 0.133. The third-order valence-corrected chi connectivity index (χ3v) is 2.99. The maximum atomic E-state index is 5.75. The Morgan fingerprint density at radius 2 is 1.61 bits per heavy atom. The number of nitrogens with one attached hydrogen (secondary N) is 1. The summed E-state index contributed by atoms with van der Waals surface area (Å²) in [7, 11) is 0. The van der Waals surface area contributed by atoms with Gasteiger partial charge in [0.1, 0.15) is 4.99 Å². The number of benzene rings is 2. The summed E-state index contributed by atoms with van der Waals surface area (Å²) in [6, 6.07) is 14.3. The SMILES string of the molecule is Cc1ccc(Nc2ccc(C)cc2C(N)=S)cc1. The summed E-state index contributed by atoms with van der Waals surface area (Å²) in [6.45, 7) is 4.09. The molecule has 3 heteroatoms. The highest BCUT2D eigenvalue weighted by molar-refractivity contribution is 7.80. The van der Waals surface area contributed by atoms with Gasteiger partial charge in [-0.3, -0.25) is 0 Å². The van der Waals surface area contributed by atoms with E-state index in [0.717, 1.165) is 22.5 Å². The van der Waals surface area contributed by atoms with Crippen LogP contribution in [0, 0.1) is 13.8 Å². The molecule has 0 bridgehead atoms. The highest BCUT2D eigenvalue weighted by atomic mass is 32.1. The molecule has 0 spiro atoms. The van der Waals surface area contributed by atoms with Crippen molar-refractivity contribution in [2.75, 3.05) is 5.32 Å². The summed E-state index contributed by atoms with van der Waals surface area (Å²) < 4.78 is 0. The van der Waals surface area contributed by atoms with Crippen LogP contribution in [0.4, 0.5) is 11.4 Å². The van der Waals surface area contributed by atoms with Gasteiger partial charge in [-0.1, -0.05) is 41.5 Å². The Bertz CT molecular complexity index is 574. The standard InChI is InChI=1S/C15H16N2S/c1-10-3-6-12(7-4-10)17-14-8-5-11(2)9-13(14)15(16)18/h3-9,17H,1-2H3,(H2,16,18). The van der Waals surface area contributed by atoms with Crippen molar-refractivity contribution >= 4 is 28.6 Å². The molecule has 18 heavy (non-hydrogen) atoms. The van der Waals surface area contributed by atoms with Gasteiger partial charge in [0.25, 0.3) is 0 Å². The second-order valence-electron chi connectivity index (χ2n) is 4.40. The van der Waals surface area contributed by atoms with Gasteiger partial charge < -0.3 is 11.1 Å². The highest BCUT2D eigenvalue weighted by Gasteiger charge is 2.05. The topological polar surface area (TPSA) is 38.0 Å². The Labute approximate surface area is 113 Å². The van der Waals surface area contributed by atoms with Crippen LogP contribution in [0.15, 0.2) is 42.5 Å². The number of hydrogen-bond acceptors (Lipinski definition) is 2. The zero-order chi connectivity index (χ0) is 13.1. The lowest BCUT2D eigenvalue weighted by molar-refractivity contribution is 1.42. The molecule has 0 aromatic heterocycles. The molecule has 0 aliphatic carbocycles. The second-order valence-corrected chi connectivity index (χ2v) is 4.84. The Morgan fingerprint density at radius 1 is 1.00 bits per heavy atom. The van der Waals surface area contributed by atoms with Crippen molar-refractivity contribution in [3.8, 4) is 0 Å². The number of hydrogen-bond donors (Lipinski definition) is 2. The molecule has 0 amide bonds. The first-order valence-corrected chi connectivity index (χ1v) is 6.21. The van der Waals surface area contributed by atoms with E-state index in [2.05, 4.69) is 24.4 Å². The summed E-state index contributed by atoms with van der Waals surface area (Å²) in [4.78, 5) is 0.410. The summed E-state index contributed by atoms with van der Waals surface area (Å²) in [5, 5.41) is 3.34. The zero-order valence-electron chi connectivity index (χ0n) is 10.5. The average molecular weight is 256 g/mol. The molecule has 0 saturated heterocycles. The molecule has 2 aromatic carbocycles. The Morgan fingerprint density at radius 3 is 2.22 bits per heavy atom. The van der Waals surface area contributed by atoms with Crippen LogP contribution in [0.3, 0.4) is 0 Å². The molecule has 0 unspecified atom stereocenters. The minimum Gasteiger partial charge on any atom is -0.389 e. The maximum absolute atomic E-state index is 5.75. The molecule has 0 radical (unpaired) electrons. The van der Waals surface area contributed by atoms with Gasteiger partial charge in [0.2, 0.25) is 0 Å². The van der Waals surface area contributed by atoms with Crippen molar-refractivity contribution in [2.24, 2.45) is 5.73 Å². The zero-order valence-corrected chi connectivity index (χ0v) is 11.3. The van der Waals surface area contributed by atoms with Crippen LogP contribution in [0.2, 0.25) is 0 Å². The van der Waals surface area contributed by atoms with Crippen LogP contribution in [0.25, 0.3) is 0 Å². The molecule has 2 aromatic rings. The third-order valence-electron chi connectivity index (χ3n) is 2.77. The molecular weight excluding hydrogens is 240 g/mol. The number of nitrogens with two attached hydrogens (primary N) is 1. The lowest BCUT2D eigenvalue weighted by atomic mass is 10.1. The predicted octanol–water partition coefficient (Wildman–Crippen LogP) is 3.68. The Hall–Kier alpha value is -1.87. The fourth-order valence-corrected chi connectivity index (χ4v) is 1.93. The van der Waals surface area contributed by atoms with Crippen molar-refractivity contribution in [1.82, 2.24) is 0 Å². The molecule has 0 aliphatic heterocycles. The quantitative estimate of drug-likeness (QED) is 0.823. The molecule has 0 heterocycles. The molecule has 3 N–H and O–H groups in total. The van der Waals surface area contributed by atoms with Gasteiger partial charge in [0.05, 0.1) is 0 Å². The van der Waals surface area contributed by atoms with E-state index >= 15 is 0 Å². The van der Waals surface area contributed by atoms with Crippen LogP contribution in [0.1, 0.15) is 16.7 Å². The number of rotatable bonds is 3. The van der Waals surface area contributed by atoms with Crippen molar-refractivity contribution in [3.63, 3.8) is 0 Å². The van der Waals surface area contributed by atoms with Gasteiger partial charge in [-0.25, -0.2) is 0 Å². The van der Waals surface area contributed by atoms with Crippen LogP contribution >= 0.6 is 12.2 Å². The van der Waals surface area contributed by atoms with E-state index in [1.54, 1.807) is 0 Å². The molecule has 0 fully saturated rings. The van der Waals surface area contributed by atoms with E-state index in [9.17, 15) is 0 Å². The van der Waals surface area contributed by atoms with Crippen molar-refractivity contribution in [3.05, 3.63) is 59.2 Å². The largest absolute Gasteiger partial charge is 0.389 e. The van der Waals surface area contributed by atoms with E-state index in [-0.39, 0.29) is 0 Å². The summed E-state index contributed by atoms with van der Waals surface area (Å²) >= 11 is 5.08. The molecular formula is C15H16N2S. The van der Waals surface area contributed by atoms with E-state index in [1.807, 2.05) is 37.3 Å². The molecule has 92 valence electrons. The fourth-order valence-electron chi connectivity index (χ4n) is 1.76. The molecule has 2 rings (SSSR count). The van der Waals surface area contributed by atoms with Crippen LogP contribution < -0.4 is 11.1 Å². The average Bonchev–Trinajstić information content (AvgIpc) is 2.34. The van der Waals surface area contributed by atoms with Crippen molar-refractivity contribution < 1.29 is 0 Å². The Balaban J connectivity index is 2.34. The van der Waals surface area contributed by atoms with Crippen molar-refractivity contribution in [1.29, 1.82) is 0 Å². The van der Waals surface area contributed by atoms with Gasteiger partial charge in [-0.05, 0) is 38.1 Å². The molecule has 2 nitrogen and oxygen atoms in total. The van der Waals surface area contributed by atoms with E-state index in [1.165, 1.54) is 5.56 Å². The van der Waals surface area contributed by atoms with Gasteiger partial charge >= 0.3 is 0 Å². The van der Waals surface area contributed by atoms with Gasteiger partial charge in [-0.15, -0.1) is 0 Å². The monoisotopic (exact) mass is 256 g/mol. The number of thiocarbonyl (C=S) groups is 1. The van der Waals surface area contributed by atoms with Crippen molar-refractivity contribution in [2.45, 2.75) is 13.8 Å². The smallest absolute Gasteiger partial charge is 0.106 e. The number of anilines is 2. The van der Waals surface area contributed by atoms with Crippen LogP contribution in [0.5, 0.6) is 0 Å². The maximum Gasteiger partial charge on any atom is 0.106 e. The summed E-state index contributed by atoms with van der Waals surface area (Å²) in [5.41, 5.74) is 11.0. The van der Waals surface area contributed by atoms with Gasteiger partial charge in [0.15, 0.2) is 0 Å². The number of aryl methyl sites for hydroxylation is 2. The van der Waals surface area contributed by atoms with Crippen LogP contribution in [-0.4, -0.2) is 4.99 Å². The molecule has 0 saturated carbocycles. The normalized spacial score (nSPS) is 10.1. The lowest BCUT2D eigenvalue weighted by Gasteiger charge is -2.12. The summed E-state index contributed by atoms with van der Waals surface area (Å²) in [6.07, 6.45) is 0. The first-order valence-electron chi connectivity index (χ1n) is 5.80. The minimum absolute atomic E-state index is 0.410.